The molecule has 6 heteroatoms. The molecule has 0 N–H and O–H groups in total. The summed E-state index contributed by atoms with van der Waals surface area (Å²) in [7, 11) is 0. The highest BCUT2D eigenvalue weighted by atomic mass is 16.6. The molecule has 0 spiro atoms. The Balaban J connectivity index is 2.05. The van der Waals surface area contributed by atoms with E-state index in [1.807, 2.05) is 19.1 Å². The molecular formula is C12H14N4O2. The minimum atomic E-state index is -0.0909. The molecule has 0 saturated carbocycles. The first kappa shape index (κ1) is 11.2. The van der Waals surface area contributed by atoms with E-state index in [1.165, 1.54) is 4.68 Å². The number of rotatable bonds is 4. The topological polar surface area (TPSA) is 65.2 Å². The van der Waals surface area contributed by atoms with Gasteiger partial charge in [0.1, 0.15) is 6.10 Å². The van der Waals surface area contributed by atoms with Gasteiger partial charge in [0.25, 0.3) is 0 Å². The van der Waals surface area contributed by atoms with Gasteiger partial charge in [0.15, 0.2) is 5.82 Å². The van der Waals surface area contributed by atoms with Crippen LogP contribution >= 0.6 is 0 Å². The van der Waals surface area contributed by atoms with Crippen molar-refractivity contribution in [2.75, 3.05) is 6.61 Å². The number of pyridine rings is 1. The molecule has 1 aliphatic heterocycles. The second-order valence-corrected chi connectivity index (χ2v) is 4.23. The summed E-state index contributed by atoms with van der Waals surface area (Å²) in [5.41, 5.74) is 0.763. The Labute approximate surface area is 104 Å². The number of ether oxygens (including phenoxy) is 1. The van der Waals surface area contributed by atoms with Crippen LogP contribution in [0.15, 0.2) is 29.3 Å². The van der Waals surface area contributed by atoms with Crippen LogP contribution in [0.5, 0.6) is 0 Å². The van der Waals surface area contributed by atoms with Crippen molar-refractivity contribution < 1.29 is 4.74 Å². The second kappa shape index (κ2) is 4.38. The highest BCUT2D eigenvalue weighted by Crippen LogP contribution is 2.15. The Hall–Kier alpha value is -1.95. The van der Waals surface area contributed by atoms with E-state index >= 15 is 0 Å². The van der Waals surface area contributed by atoms with Crippen LogP contribution in [-0.4, -0.2) is 32.0 Å². The average Bonchev–Trinajstić information content (AvgIpc) is 3.16. The van der Waals surface area contributed by atoms with Crippen LogP contribution in [-0.2, 0) is 17.8 Å². The molecule has 0 bridgehead atoms. The molecular weight excluding hydrogens is 232 g/mol. The summed E-state index contributed by atoms with van der Waals surface area (Å²) in [4.78, 5) is 16.2. The van der Waals surface area contributed by atoms with E-state index in [-0.39, 0.29) is 11.8 Å². The van der Waals surface area contributed by atoms with Gasteiger partial charge in [0, 0.05) is 24.5 Å². The molecule has 3 rings (SSSR count). The molecule has 1 atom stereocenters. The standard InChI is InChI=1S/C12H14N4O2/c1-2-15-11(9-4-3-5-13-6-9)14-16(12(15)17)7-10-8-18-10/h3-6,10H,2,7-8H2,1H3. The Kier molecular flexibility index (Phi) is 2.71. The first-order valence-corrected chi connectivity index (χ1v) is 5.99. The molecule has 6 nitrogen and oxygen atoms in total. The quantitative estimate of drug-likeness (QED) is 0.738. The molecule has 3 heterocycles. The van der Waals surface area contributed by atoms with Gasteiger partial charge >= 0.3 is 5.69 Å². The summed E-state index contributed by atoms with van der Waals surface area (Å²) in [6, 6.07) is 3.74. The highest BCUT2D eigenvalue weighted by molar-refractivity contribution is 5.52. The molecule has 1 fully saturated rings. The van der Waals surface area contributed by atoms with E-state index in [0.29, 0.717) is 25.5 Å². The van der Waals surface area contributed by atoms with Crippen LogP contribution in [0.25, 0.3) is 11.4 Å². The third-order valence-electron chi connectivity index (χ3n) is 2.94. The van der Waals surface area contributed by atoms with Crippen molar-refractivity contribution in [3.05, 3.63) is 35.0 Å². The number of epoxide rings is 1. The van der Waals surface area contributed by atoms with Crippen LogP contribution < -0.4 is 5.69 Å². The van der Waals surface area contributed by atoms with Crippen molar-refractivity contribution in [2.24, 2.45) is 0 Å². The smallest absolute Gasteiger partial charge is 0.346 e. The summed E-state index contributed by atoms with van der Waals surface area (Å²) in [5.74, 6) is 0.663. The van der Waals surface area contributed by atoms with Gasteiger partial charge in [-0.2, -0.15) is 0 Å². The summed E-state index contributed by atoms with van der Waals surface area (Å²) >= 11 is 0. The number of nitrogens with zero attached hydrogens (tertiary/aromatic N) is 4. The molecule has 0 radical (unpaired) electrons. The van der Waals surface area contributed by atoms with E-state index in [0.717, 1.165) is 5.56 Å². The van der Waals surface area contributed by atoms with Crippen LogP contribution in [0, 0.1) is 0 Å². The maximum absolute atomic E-state index is 12.1. The van der Waals surface area contributed by atoms with Crippen LogP contribution in [0.2, 0.25) is 0 Å². The Morgan fingerprint density at radius 1 is 1.56 bits per heavy atom. The first-order chi connectivity index (χ1) is 8.79. The monoisotopic (exact) mass is 246 g/mol. The van der Waals surface area contributed by atoms with Crippen molar-refractivity contribution in [1.82, 2.24) is 19.3 Å². The van der Waals surface area contributed by atoms with E-state index in [2.05, 4.69) is 10.1 Å². The van der Waals surface area contributed by atoms with Gasteiger partial charge in [-0.25, -0.2) is 9.48 Å². The minimum absolute atomic E-state index is 0.0909. The van der Waals surface area contributed by atoms with Gasteiger partial charge in [-0.3, -0.25) is 9.55 Å². The minimum Gasteiger partial charge on any atom is -0.371 e. The van der Waals surface area contributed by atoms with Crippen LogP contribution in [0.3, 0.4) is 0 Å². The van der Waals surface area contributed by atoms with Gasteiger partial charge in [-0.05, 0) is 19.1 Å². The average molecular weight is 246 g/mol. The zero-order chi connectivity index (χ0) is 12.5. The zero-order valence-electron chi connectivity index (χ0n) is 10.1. The second-order valence-electron chi connectivity index (χ2n) is 4.23. The van der Waals surface area contributed by atoms with Crippen molar-refractivity contribution in [3.63, 3.8) is 0 Å². The lowest BCUT2D eigenvalue weighted by atomic mass is 10.3. The van der Waals surface area contributed by atoms with E-state index in [4.69, 9.17) is 4.74 Å². The predicted octanol–water partition coefficient (Wildman–Crippen LogP) is 0.525. The molecule has 94 valence electrons. The molecule has 2 aromatic rings. The van der Waals surface area contributed by atoms with Gasteiger partial charge in [0.2, 0.25) is 0 Å². The van der Waals surface area contributed by atoms with Crippen molar-refractivity contribution in [1.29, 1.82) is 0 Å². The van der Waals surface area contributed by atoms with Crippen molar-refractivity contribution in [2.45, 2.75) is 26.1 Å². The van der Waals surface area contributed by atoms with Gasteiger partial charge in [-0.1, -0.05) is 0 Å². The lowest BCUT2D eigenvalue weighted by Gasteiger charge is -2.00. The first-order valence-electron chi connectivity index (χ1n) is 5.99. The summed E-state index contributed by atoms with van der Waals surface area (Å²) in [6.45, 7) is 3.77. The van der Waals surface area contributed by atoms with Gasteiger partial charge in [0.05, 0.1) is 13.2 Å². The normalized spacial score (nSPS) is 17.9. The van der Waals surface area contributed by atoms with Gasteiger partial charge < -0.3 is 4.74 Å². The molecule has 0 amide bonds. The molecule has 1 unspecified atom stereocenters. The van der Waals surface area contributed by atoms with Gasteiger partial charge in [-0.15, -0.1) is 5.10 Å². The van der Waals surface area contributed by atoms with Crippen LogP contribution in [0.4, 0.5) is 0 Å². The fourth-order valence-electron chi connectivity index (χ4n) is 1.92. The Bertz CT molecular complexity index is 598. The Morgan fingerprint density at radius 2 is 2.39 bits per heavy atom. The number of hydrogen-bond donors (Lipinski definition) is 0. The molecule has 1 saturated heterocycles. The molecule has 18 heavy (non-hydrogen) atoms. The Morgan fingerprint density at radius 3 is 3.00 bits per heavy atom. The fraction of sp³-hybridized carbons (Fsp3) is 0.417. The third kappa shape index (κ3) is 1.95. The summed E-state index contributed by atoms with van der Waals surface area (Å²) < 4.78 is 8.26. The third-order valence-corrected chi connectivity index (χ3v) is 2.94. The predicted molar refractivity (Wildman–Crippen MR) is 65.1 cm³/mol. The van der Waals surface area contributed by atoms with Crippen molar-refractivity contribution >= 4 is 0 Å². The molecule has 1 aliphatic rings. The molecule has 0 aliphatic carbocycles. The fourth-order valence-corrected chi connectivity index (χ4v) is 1.92. The lowest BCUT2D eigenvalue weighted by molar-refractivity contribution is 0.369. The number of hydrogen-bond acceptors (Lipinski definition) is 4. The van der Waals surface area contributed by atoms with Crippen LogP contribution in [0.1, 0.15) is 6.92 Å². The molecule has 2 aromatic heterocycles. The van der Waals surface area contributed by atoms with Crippen molar-refractivity contribution in [3.8, 4) is 11.4 Å². The maximum atomic E-state index is 12.1. The summed E-state index contributed by atoms with van der Waals surface area (Å²) in [5, 5.41) is 4.38. The highest BCUT2D eigenvalue weighted by Gasteiger charge is 2.25. The largest absolute Gasteiger partial charge is 0.371 e. The maximum Gasteiger partial charge on any atom is 0.346 e. The molecule has 0 aromatic carbocycles. The zero-order valence-corrected chi connectivity index (χ0v) is 10.1. The number of aromatic nitrogens is 4. The van der Waals surface area contributed by atoms with E-state index < -0.39 is 0 Å². The van der Waals surface area contributed by atoms with E-state index in [1.54, 1.807) is 17.0 Å². The summed E-state index contributed by atoms with van der Waals surface area (Å²) in [6.07, 6.45) is 3.56. The lowest BCUT2D eigenvalue weighted by Crippen LogP contribution is -2.26. The SMILES string of the molecule is CCn1c(-c2cccnc2)nn(CC2CO2)c1=O. The van der Waals surface area contributed by atoms with E-state index in [9.17, 15) is 4.79 Å².